The Morgan fingerprint density at radius 3 is 2.33 bits per heavy atom. The Hall–Kier alpha value is -5.18. The number of nitrogens with one attached hydrogen (secondary N) is 1. The molecule has 0 radical (unpaired) electrons. The predicted octanol–water partition coefficient (Wildman–Crippen LogP) is 5.98. The maximum atomic E-state index is 13.1. The van der Waals surface area contributed by atoms with Crippen molar-refractivity contribution in [2.45, 2.75) is 31.3 Å². The van der Waals surface area contributed by atoms with Crippen LogP contribution < -0.4 is 15.0 Å². The van der Waals surface area contributed by atoms with E-state index < -0.39 is 16.9 Å². The molecule has 0 saturated carbocycles. The van der Waals surface area contributed by atoms with E-state index >= 15 is 0 Å². The average Bonchev–Trinajstić information content (AvgIpc) is 3.49. The highest BCUT2D eigenvalue weighted by molar-refractivity contribution is 6.12. The van der Waals surface area contributed by atoms with E-state index in [9.17, 15) is 24.8 Å². The molecule has 0 aromatic heterocycles. The van der Waals surface area contributed by atoms with Gasteiger partial charge < -0.3 is 20.1 Å². The van der Waals surface area contributed by atoms with Gasteiger partial charge in [0.15, 0.2) is 5.78 Å². The summed E-state index contributed by atoms with van der Waals surface area (Å²) >= 11 is 0. The summed E-state index contributed by atoms with van der Waals surface area (Å²) in [5.74, 6) is -0.531. The number of carboxylic acids is 1. The molecule has 0 unspecified atom stereocenters. The predicted molar refractivity (Wildman–Crippen MR) is 160 cm³/mol. The number of para-hydroxylation sites is 1. The highest BCUT2D eigenvalue weighted by Crippen LogP contribution is 2.28. The van der Waals surface area contributed by atoms with Crippen LogP contribution in [0.3, 0.4) is 0 Å². The lowest BCUT2D eigenvalue weighted by molar-refractivity contribution is -0.384. The van der Waals surface area contributed by atoms with Gasteiger partial charge in [-0.25, -0.2) is 4.79 Å². The molecule has 214 valence electrons. The van der Waals surface area contributed by atoms with E-state index in [1.165, 1.54) is 12.1 Å². The Morgan fingerprint density at radius 2 is 1.64 bits per heavy atom. The monoisotopic (exact) mass is 565 g/mol. The molecule has 1 aliphatic heterocycles. The smallest absolute Gasteiger partial charge is 0.326 e. The number of hydrogen-bond donors (Lipinski definition) is 2. The molecule has 42 heavy (non-hydrogen) atoms. The standard InChI is InChI=1S/C33H31N3O6/c37-32(24-7-2-1-3-8-24)29-10-4-5-11-30(29)34-31(33(38)39)21-23-12-18-28(19-13-23)42-22-27-9-6-20-35(27)25-14-16-26(17-15-25)36(40)41/h1-5,7-8,10-19,27,31,34H,6,9,20-22H2,(H,38,39)/t27-,31-/m0/s1. The minimum atomic E-state index is -1.02. The second-order valence-electron chi connectivity index (χ2n) is 10.2. The van der Waals surface area contributed by atoms with Gasteiger partial charge in [-0.2, -0.15) is 0 Å². The van der Waals surface area contributed by atoms with Gasteiger partial charge in [0, 0.05) is 47.6 Å². The lowest BCUT2D eigenvalue weighted by Crippen LogP contribution is -2.34. The highest BCUT2D eigenvalue weighted by atomic mass is 16.6. The highest BCUT2D eigenvalue weighted by Gasteiger charge is 2.26. The van der Waals surface area contributed by atoms with Crippen LogP contribution in [0.4, 0.5) is 17.1 Å². The lowest BCUT2D eigenvalue weighted by Gasteiger charge is -2.26. The molecule has 1 aliphatic rings. The summed E-state index contributed by atoms with van der Waals surface area (Å²) in [5, 5.41) is 24.0. The largest absolute Gasteiger partial charge is 0.491 e. The summed E-state index contributed by atoms with van der Waals surface area (Å²) in [7, 11) is 0. The van der Waals surface area contributed by atoms with Gasteiger partial charge in [0.05, 0.1) is 11.0 Å². The van der Waals surface area contributed by atoms with Crippen molar-refractivity contribution >= 4 is 28.8 Å². The maximum Gasteiger partial charge on any atom is 0.326 e. The molecule has 2 N–H and O–H groups in total. The van der Waals surface area contributed by atoms with Crippen molar-refractivity contribution in [3.8, 4) is 5.75 Å². The topological polar surface area (TPSA) is 122 Å². The molecule has 1 heterocycles. The number of rotatable bonds is 12. The quantitative estimate of drug-likeness (QED) is 0.122. The first-order chi connectivity index (χ1) is 20.4. The summed E-state index contributed by atoms with van der Waals surface area (Å²) in [6.07, 6.45) is 2.17. The Morgan fingerprint density at radius 1 is 0.952 bits per heavy atom. The summed E-state index contributed by atoms with van der Waals surface area (Å²) < 4.78 is 6.07. The van der Waals surface area contributed by atoms with E-state index in [-0.39, 0.29) is 23.9 Å². The van der Waals surface area contributed by atoms with E-state index in [0.717, 1.165) is 30.6 Å². The lowest BCUT2D eigenvalue weighted by atomic mass is 10.00. The van der Waals surface area contributed by atoms with Gasteiger partial charge in [0.2, 0.25) is 0 Å². The molecular formula is C33H31N3O6. The van der Waals surface area contributed by atoms with Gasteiger partial charge in [-0.05, 0) is 54.8 Å². The number of ketones is 1. The van der Waals surface area contributed by atoms with Gasteiger partial charge in [0.1, 0.15) is 18.4 Å². The number of nitro benzene ring substituents is 1. The molecule has 1 saturated heterocycles. The molecule has 4 aromatic carbocycles. The molecule has 2 atom stereocenters. The number of nitro groups is 1. The number of carbonyl (C=O) groups is 2. The van der Waals surface area contributed by atoms with Gasteiger partial charge in [0.25, 0.3) is 5.69 Å². The fourth-order valence-electron chi connectivity index (χ4n) is 5.20. The van der Waals surface area contributed by atoms with E-state index in [0.29, 0.717) is 29.2 Å². The number of benzene rings is 4. The van der Waals surface area contributed by atoms with E-state index in [1.807, 2.05) is 30.3 Å². The van der Waals surface area contributed by atoms with Crippen LogP contribution >= 0.6 is 0 Å². The Kier molecular flexibility index (Phi) is 8.77. The van der Waals surface area contributed by atoms with Gasteiger partial charge in [-0.3, -0.25) is 14.9 Å². The van der Waals surface area contributed by atoms with Crippen molar-refractivity contribution in [1.29, 1.82) is 0 Å². The summed E-state index contributed by atoms with van der Waals surface area (Å²) in [5.41, 5.74) is 3.21. The Balaban J connectivity index is 1.20. The summed E-state index contributed by atoms with van der Waals surface area (Å²) in [6, 6.07) is 28.9. The Bertz CT molecular complexity index is 1540. The van der Waals surface area contributed by atoms with E-state index in [2.05, 4.69) is 10.2 Å². The van der Waals surface area contributed by atoms with Crippen LogP contribution in [-0.4, -0.2) is 47.0 Å². The molecule has 4 aromatic rings. The fraction of sp³-hybridized carbons (Fsp3) is 0.212. The number of non-ortho nitro benzene ring substituents is 1. The summed E-state index contributed by atoms with van der Waals surface area (Å²) in [4.78, 5) is 38.0. The number of hydrogen-bond acceptors (Lipinski definition) is 7. The third-order valence-electron chi connectivity index (χ3n) is 7.41. The first-order valence-electron chi connectivity index (χ1n) is 13.8. The third-order valence-corrected chi connectivity index (χ3v) is 7.41. The number of carboxylic acid groups (broad SMARTS) is 1. The van der Waals surface area contributed by atoms with Gasteiger partial charge in [-0.15, -0.1) is 0 Å². The second kappa shape index (κ2) is 13.0. The van der Waals surface area contributed by atoms with E-state index in [1.54, 1.807) is 60.7 Å². The normalized spacial score (nSPS) is 15.1. The zero-order chi connectivity index (χ0) is 29.5. The minimum Gasteiger partial charge on any atom is -0.491 e. The minimum absolute atomic E-state index is 0.0658. The molecule has 0 spiro atoms. The van der Waals surface area contributed by atoms with Crippen LogP contribution in [0.2, 0.25) is 0 Å². The van der Waals surface area contributed by atoms with E-state index in [4.69, 9.17) is 4.74 Å². The van der Waals surface area contributed by atoms with Crippen LogP contribution in [-0.2, 0) is 11.2 Å². The van der Waals surface area contributed by atoms with Gasteiger partial charge in [-0.1, -0.05) is 54.6 Å². The average molecular weight is 566 g/mol. The number of aliphatic carboxylic acids is 1. The van der Waals surface area contributed by atoms with Crippen LogP contribution in [0.5, 0.6) is 5.75 Å². The van der Waals surface area contributed by atoms with Crippen molar-refractivity contribution < 1.29 is 24.4 Å². The van der Waals surface area contributed by atoms with Crippen molar-refractivity contribution in [2.75, 3.05) is 23.4 Å². The molecule has 9 nitrogen and oxygen atoms in total. The molecule has 0 amide bonds. The van der Waals surface area contributed by atoms with Crippen molar-refractivity contribution in [2.24, 2.45) is 0 Å². The molecule has 5 rings (SSSR count). The second-order valence-corrected chi connectivity index (χ2v) is 10.2. The fourth-order valence-corrected chi connectivity index (χ4v) is 5.20. The number of anilines is 2. The molecule has 0 aliphatic carbocycles. The van der Waals surface area contributed by atoms with Crippen LogP contribution in [0.1, 0.15) is 34.3 Å². The molecule has 9 heteroatoms. The maximum absolute atomic E-state index is 13.1. The zero-order valence-corrected chi connectivity index (χ0v) is 22.9. The Labute approximate surface area is 243 Å². The van der Waals surface area contributed by atoms with Crippen molar-refractivity contribution in [1.82, 2.24) is 0 Å². The molecule has 1 fully saturated rings. The number of ether oxygens (including phenoxy) is 1. The number of carbonyl (C=O) groups excluding carboxylic acids is 1. The molecule has 0 bridgehead atoms. The van der Waals surface area contributed by atoms with Crippen LogP contribution in [0.15, 0.2) is 103 Å². The first kappa shape index (κ1) is 28.4. The van der Waals surface area contributed by atoms with Crippen molar-refractivity contribution in [3.63, 3.8) is 0 Å². The van der Waals surface area contributed by atoms with Crippen molar-refractivity contribution in [3.05, 3.63) is 130 Å². The third kappa shape index (κ3) is 6.75. The number of nitrogens with zero attached hydrogens (tertiary/aromatic N) is 2. The summed E-state index contributed by atoms with van der Waals surface area (Å²) in [6.45, 7) is 1.32. The SMILES string of the molecule is O=C(c1ccccc1)c1ccccc1N[C@@H](Cc1ccc(OC[C@@H]2CCCN2c2ccc([N+](=O)[O-])cc2)cc1)C(=O)O. The first-order valence-corrected chi connectivity index (χ1v) is 13.8. The molecular weight excluding hydrogens is 534 g/mol. The zero-order valence-electron chi connectivity index (χ0n) is 22.9. The van der Waals surface area contributed by atoms with Gasteiger partial charge >= 0.3 is 5.97 Å². The van der Waals surface area contributed by atoms with Crippen LogP contribution in [0, 0.1) is 10.1 Å². The van der Waals surface area contributed by atoms with Crippen LogP contribution in [0.25, 0.3) is 0 Å².